The third kappa shape index (κ3) is 4.59. The van der Waals surface area contributed by atoms with Gasteiger partial charge in [0.2, 0.25) is 0 Å². The quantitative estimate of drug-likeness (QED) is 0.422. The molecule has 0 aliphatic heterocycles. The van der Waals surface area contributed by atoms with Crippen molar-refractivity contribution in [1.29, 1.82) is 0 Å². The Bertz CT molecular complexity index is 840. The van der Waals surface area contributed by atoms with Gasteiger partial charge in [-0.25, -0.2) is 0 Å². The predicted octanol–water partition coefficient (Wildman–Crippen LogP) is 4.24. The lowest BCUT2D eigenvalue weighted by molar-refractivity contribution is -0.140. The predicted molar refractivity (Wildman–Crippen MR) is 98.8 cm³/mol. The smallest absolute Gasteiger partial charge is 0.446 e. The number of nitrogens with zero attached hydrogens (tertiary/aromatic N) is 1. The normalized spacial score (nSPS) is 11.3. The fraction of sp³-hybridized carbons (Fsp3) is 0.294. The second-order valence-corrected chi connectivity index (χ2v) is 6.74. The van der Waals surface area contributed by atoms with Crippen LogP contribution in [0.25, 0.3) is 10.8 Å². The molecule has 0 aromatic heterocycles. The summed E-state index contributed by atoms with van der Waals surface area (Å²) in [6.45, 7) is -0.0635. The lowest BCUT2D eigenvalue weighted by atomic mass is 10.0. The number of likely N-dealkylation sites (N-methyl/N-ethyl adjacent to an activating group) is 1. The van der Waals surface area contributed by atoms with Crippen LogP contribution in [0.15, 0.2) is 35.2 Å². The number of benzene rings is 2. The van der Waals surface area contributed by atoms with Crippen molar-refractivity contribution in [2.45, 2.75) is 10.4 Å². The molecule has 0 heterocycles. The highest BCUT2D eigenvalue weighted by Gasteiger charge is 2.32. The van der Waals surface area contributed by atoms with Crippen LogP contribution in [-0.2, 0) is 9.53 Å². The number of methoxy groups -OCH3 is 2. The maximum atomic E-state index is 13.0. The zero-order valence-electron chi connectivity index (χ0n) is 14.2. The zero-order chi connectivity index (χ0) is 19.5. The van der Waals surface area contributed by atoms with Gasteiger partial charge in [-0.2, -0.15) is 13.2 Å². The van der Waals surface area contributed by atoms with Crippen molar-refractivity contribution >= 4 is 45.7 Å². The van der Waals surface area contributed by atoms with E-state index in [1.807, 2.05) is 0 Å². The summed E-state index contributed by atoms with van der Waals surface area (Å²) >= 11 is 5.18. The molecule has 0 spiro atoms. The number of fused-ring (bicyclic) bond motifs is 1. The van der Waals surface area contributed by atoms with Crippen LogP contribution in [0.2, 0.25) is 0 Å². The highest BCUT2D eigenvalue weighted by Crippen LogP contribution is 2.45. The standard InChI is InChI=1S/C17H16F3NO3S2/c1-21(9-14(22)24-3)16(25)12-6-4-5-11-10(12)7-8-13(23-2)15(11)26-17(18,19)20/h4-8H,9H2,1-3H3. The van der Waals surface area contributed by atoms with Crippen molar-refractivity contribution in [3.05, 3.63) is 35.9 Å². The van der Waals surface area contributed by atoms with Gasteiger partial charge in [0.15, 0.2) is 0 Å². The molecule has 0 fully saturated rings. The van der Waals surface area contributed by atoms with E-state index in [1.165, 1.54) is 25.2 Å². The van der Waals surface area contributed by atoms with Crippen LogP contribution in [0.1, 0.15) is 5.56 Å². The van der Waals surface area contributed by atoms with E-state index >= 15 is 0 Å². The summed E-state index contributed by atoms with van der Waals surface area (Å²) in [5.74, 6) is -0.337. The van der Waals surface area contributed by atoms with Crippen molar-refractivity contribution in [3.8, 4) is 5.75 Å². The largest absolute Gasteiger partial charge is 0.496 e. The van der Waals surface area contributed by atoms with Gasteiger partial charge in [-0.05, 0) is 29.3 Å². The highest BCUT2D eigenvalue weighted by molar-refractivity contribution is 8.00. The number of carbonyl (C=O) groups excluding carboxylic acids is 1. The van der Waals surface area contributed by atoms with Gasteiger partial charge in [0.1, 0.15) is 17.3 Å². The lowest BCUT2D eigenvalue weighted by Gasteiger charge is -2.21. The molecule has 2 aromatic carbocycles. The molecule has 0 bridgehead atoms. The minimum Gasteiger partial charge on any atom is -0.496 e. The number of halogens is 3. The molecule has 0 saturated heterocycles. The minimum absolute atomic E-state index is 0.0298. The summed E-state index contributed by atoms with van der Waals surface area (Å²) in [5.41, 5.74) is -3.91. The Balaban J connectivity index is 2.55. The van der Waals surface area contributed by atoms with E-state index in [-0.39, 0.29) is 29.0 Å². The van der Waals surface area contributed by atoms with Gasteiger partial charge in [0, 0.05) is 18.0 Å². The molecule has 26 heavy (non-hydrogen) atoms. The number of esters is 1. The summed E-state index contributed by atoms with van der Waals surface area (Å²) in [6, 6.07) is 8.03. The van der Waals surface area contributed by atoms with Crippen molar-refractivity contribution < 1.29 is 27.4 Å². The van der Waals surface area contributed by atoms with Gasteiger partial charge in [0.05, 0.1) is 19.1 Å². The van der Waals surface area contributed by atoms with Gasteiger partial charge in [-0.3, -0.25) is 4.79 Å². The molecule has 0 saturated carbocycles. The van der Waals surface area contributed by atoms with Gasteiger partial charge >= 0.3 is 11.5 Å². The zero-order valence-corrected chi connectivity index (χ0v) is 15.8. The van der Waals surface area contributed by atoms with Crippen LogP contribution >= 0.6 is 24.0 Å². The van der Waals surface area contributed by atoms with E-state index in [4.69, 9.17) is 17.0 Å². The highest BCUT2D eigenvalue weighted by atomic mass is 32.2. The Labute approximate surface area is 158 Å². The molecule has 2 aromatic rings. The second kappa shape index (κ2) is 8.13. The molecule has 0 radical (unpaired) electrons. The average Bonchev–Trinajstić information content (AvgIpc) is 2.59. The SMILES string of the molecule is COC(=O)CN(C)C(=S)c1cccc2c(SC(F)(F)F)c(OC)ccc12. The van der Waals surface area contributed by atoms with Crippen LogP contribution in [-0.4, -0.2) is 49.2 Å². The maximum Gasteiger partial charge on any atom is 0.446 e. The number of thioether (sulfide) groups is 1. The van der Waals surface area contributed by atoms with Gasteiger partial charge in [-0.15, -0.1) is 0 Å². The van der Waals surface area contributed by atoms with Crippen LogP contribution < -0.4 is 4.74 Å². The van der Waals surface area contributed by atoms with Crippen molar-refractivity contribution in [1.82, 2.24) is 4.90 Å². The first-order chi connectivity index (χ1) is 12.2. The minimum atomic E-state index is -4.46. The topological polar surface area (TPSA) is 38.8 Å². The number of alkyl halides is 3. The third-order valence-electron chi connectivity index (χ3n) is 3.58. The van der Waals surface area contributed by atoms with Gasteiger partial charge in [-0.1, -0.05) is 30.4 Å². The first-order valence-corrected chi connectivity index (χ1v) is 8.58. The van der Waals surface area contributed by atoms with E-state index in [0.717, 1.165) is 0 Å². The summed E-state index contributed by atoms with van der Waals surface area (Å²) in [6.07, 6.45) is 0. The Morgan fingerprint density at radius 1 is 1.19 bits per heavy atom. The maximum absolute atomic E-state index is 13.0. The Morgan fingerprint density at radius 2 is 1.88 bits per heavy atom. The Kier molecular flexibility index (Phi) is 6.35. The van der Waals surface area contributed by atoms with Crippen LogP contribution in [0, 0.1) is 0 Å². The first-order valence-electron chi connectivity index (χ1n) is 7.35. The third-order valence-corrected chi connectivity index (χ3v) is 4.97. The lowest BCUT2D eigenvalue weighted by Crippen LogP contribution is -2.32. The van der Waals surface area contributed by atoms with Crippen molar-refractivity contribution in [2.24, 2.45) is 0 Å². The second-order valence-electron chi connectivity index (χ2n) is 5.28. The van der Waals surface area contributed by atoms with E-state index in [9.17, 15) is 18.0 Å². The fourth-order valence-corrected chi connectivity index (χ4v) is 3.43. The summed E-state index contributed by atoms with van der Waals surface area (Å²) in [4.78, 5) is 13.3. The number of thiocarbonyl (C=S) groups is 1. The number of carbonyl (C=O) groups is 1. The number of hydrogen-bond donors (Lipinski definition) is 0. The van der Waals surface area contributed by atoms with Crippen molar-refractivity contribution in [3.63, 3.8) is 0 Å². The summed E-state index contributed by atoms with van der Waals surface area (Å²) in [5, 5.41) is 0.916. The molecule has 4 nitrogen and oxygen atoms in total. The van der Waals surface area contributed by atoms with E-state index in [0.29, 0.717) is 21.3 Å². The summed E-state index contributed by atoms with van der Waals surface area (Å²) < 4.78 is 48.6. The molecule has 0 aliphatic carbocycles. The summed E-state index contributed by atoms with van der Waals surface area (Å²) in [7, 11) is 4.21. The number of rotatable bonds is 5. The number of hydrogen-bond acceptors (Lipinski definition) is 5. The molecule has 9 heteroatoms. The molecular formula is C17H16F3NO3S2. The first kappa shape index (κ1) is 20.3. The molecule has 0 amide bonds. The average molecular weight is 403 g/mol. The van der Waals surface area contributed by atoms with Crippen LogP contribution in [0.4, 0.5) is 13.2 Å². The van der Waals surface area contributed by atoms with E-state index in [2.05, 4.69) is 4.74 Å². The molecule has 0 aliphatic rings. The Hall–Kier alpha value is -2.00. The molecule has 2 rings (SSSR count). The molecule has 0 N–H and O–H groups in total. The molecule has 0 atom stereocenters. The van der Waals surface area contributed by atoms with Gasteiger partial charge < -0.3 is 14.4 Å². The van der Waals surface area contributed by atoms with Crippen LogP contribution in [0.3, 0.4) is 0 Å². The number of ether oxygens (including phenoxy) is 2. The van der Waals surface area contributed by atoms with Crippen LogP contribution in [0.5, 0.6) is 5.75 Å². The molecule has 0 unspecified atom stereocenters. The van der Waals surface area contributed by atoms with Crippen molar-refractivity contribution in [2.75, 3.05) is 27.8 Å². The molecule has 140 valence electrons. The molecular weight excluding hydrogens is 387 g/mol. The van der Waals surface area contributed by atoms with E-state index < -0.39 is 11.5 Å². The fourth-order valence-electron chi connectivity index (χ4n) is 2.41. The van der Waals surface area contributed by atoms with E-state index in [1.54, 1.807) is 31.3 Å². The Morgan fingerprint density at radius 3 is 2.46 bits per heavy atom. The van der Waals surface area contributed by atoms with Gasteiger partial charge in [0.25, 0.3) is 0 Å². The monoisotopic (exact) mass is 403 g/mol.